The van der Waals surface area contributed by atoms with Crippen molar-refractivity contribution in [2.24, 2.45) is 5.92 Å². The Bertz CT molecular complexity index is 573. The highest BCUT2D eigenvalue weighted by atomic mass is 35.5. The highest BCUT2D eigenvalue weighted by Crippen LogP contribution is 2.53. The molecule has 20 heavy (non-hydrogen) atoms. The topological polar surface area (TPSA) is 49.4 Å². The molecule has 0 radical (unpaired) electrons. The summed E-state index contributed by atoms with van der Waals surface area (Å²) in [6, 6.07) is 4.73. The van der Waals surface area contributed by atoms with Crippen molar-refractivity contribution in [2.75, 3.05) is 19.4 Å². The van der Waals surface area contributed by atoms with Crippen molar-refractivity contribution < 1.29 is 9.59 Å². The van der Waals surface area contributed by atoms with Gasteiger partial charge in [-0.15, -0.1) is 23.2 Å². The van der Waals surface area contributed by atoms with E-state index in [-0.39, 0.29) is 11.8 Å². The zero-order valence-electron chi connectivity index (χ0n) is 10.9. The van der Waals surface area contributed by atoms with E-state index in [1.807, 2.05) is 0 Å². The summed E-state index contributed by atoms with van der Waals surface area (Å²) in [5.41, 5.74) is 0.814. The first kappa shape index (κ1) is 15.4. The molecule has 0 aromatic heterocycles. The van der Waals surface area contributed by atoms with Crippen molar-refractivity contribution in [1.29, 1.82) is 0 Å². The second-order valence-corrected chi connectivity index (χ2v) is 6.85. The predicted molar refractivity (Wildman–Crippen MR) is 80.6 cm³/mol. The summed E-state index contributed by atoms with van der Waals surface area (Å²) in [5.74, 6) is -0.920. The lowest BCUT2D eigenvalue weighted by Gasteiger charge is -2.13. The summed E-state index contributed by atoms with van der Waals surface area (Å²) < 4.78 is -0.973. The van der Waals surface area contributed by atoms with Gasteiger partial charge in [-0.05, 0) is 24.6 Å². The van der Waals surface area contributed by atoms with Crippen LogP contribution >= 0.6 is 34.8 Å². The lowest BCUT2D eigenvalue weighted by Crippen LogP contribution is -2.22. The van der Waals surface area contributed by atoms with Crippen molar-refractivity contribution in [1.82, 2.24) is 4.90 Å². The molecule has 108 valence electrons. The van der Waals surface area contributed by atoms with Gasteiger partial charge in [0.2, 0.25) is 5.91 Å². The minimum Gasteiger partial charge on any atom is -0.345 e. The average molecular weight is 336 g/mol. The van der Waals surface area contributed by atoms with E-state index in [0.717, 1.165) is 0 Å². The predicted octanol–water partition coefficient (Wildman–Crippen LogP) is 3.17. The molecule has 1 atom stereocenters. The molecule has 1 aromatic carbocycles. The van der Waals surface area contributed by atoms with E-state index in [1.165, 1.54) is 11.0 Å². The largest absolute Gasteiger partial charge is 0.345 e. The lowest BCUT2D eigenvalue weighted by molar-refractivity contribution is -0.117. The number of benzene rings is 1. The Kier molecular flexibility index (Phi) is 4.19. The number of nitrogens with one attached hydrogen (secondary N) is 1. The standard InChI is InChI=1S/C13H13Cl3N2O2/c1-18(2)12(20)8-5-7(3-4-10(8)14)17-11(19)9-6-13(9,15)16/h3-5,9H,6H2,1-2H3,(H,17,19). The van der Waals surface area contributed by atoms with Crippen molar-refractivity contribution in [3.8, 4) is 0 Å². The number of anilines is 1. The minimum atomic E-state index is -0.973. The van der Waals surface area contributed by atoms with Gasteiger partial charge >= 0.3 is 0 Å². The maximum absolute atomic E-state index is 11.9. The Morgan fingerprint density at radius 1 is 1.35 bits per heavy atom. The Morgan fingerprint density at radius 2 is 1.95 bits per heavy atom. The Morgan fingerprint density at radius 3 is 2.45 bits per heavy atom. The third kappa shape index (κ3) is 3.19. The van der Waals surface area contributed by atoms with Gasteiger partial charge in [-0.3, -0.25) is 9.59 Å². The summed E-state index contributed by atoms with van der Waals surface area (Å²) in [6.07, 6.45) is 0.430. The Balaban J connectivity index is 2.16. The number of carbonyl (C=O) groups is 2. The summed E-state index contributed by atoms with van der Waals surface area (Å²) >= 11 is 17.7. The molecule has 0 saturated heterocycles. The van der Waals surface area contributed by atoms with Crippen LogP contribution in [0.3, 0.4) is 0 Å². The fraction of sp³-hybridized carbons (Fsp3) is 0.385. The summed E-state index contributed by atoms with van der Waals surface area (Å²) in [5, 5.41) is 3.01. The van der Waals surface area contributed by atoms with Gasteiger partial charge in [0.25, 0.3) is 5.91 Å². The molecule has 1 aliphatic rings. The SMILES string of the molecule is CN(C)C(=O)c1cc(NC(=O)C2CC2(Cl)Cl)ccc1Cl. The zero-order chi connectivity index (χ0) is 15.1. The van der Waals surface area contributed by atoms with Crippen molar-refractivity contribution >= 4 is 52.3 Å². The van der Waals surface area contributed by atoms with Gasteiger partial charge < -0.3 is 10.2 Å². The van der Waals surface area contributed by atoms with E-state index in [4.69, 9.17) is 34.8 Å². The van der Waals surface area contributed by atoms with Crippen molar-refractivity contribution in [3.05, 3.63) is 28.8 Å². The molecule has 4 nitrogen and oxygen atoms in total. The van der Waals surface area contributed by atoms with Gasteiger partial charge in [-0.25, -0.2) is 0 Å². The Labute approximate surface area is 132 Å². The molecular formula is C13H13Cl3N2O2. The first-order valence-corrected chi connectivity index (χ1v) is 7.05. The van der Waals surface area contributed by atoms with Crippen molar-refractivity contribution in [2.45, 2.75) is 10.8 Å². The number of alkyl halides is 2. The number of amides is 2. The number of rotatable bonds is 3. The van der Waals surface area contributed by atoms with Crippen LogP contribution < -0.4 is 5.32 Å². The summed E-state index contributed by atoms with van der Waals surface area (Å²) in [7, 11) is 3.26. The van der Waals surface area contributed by atoms with Gasteiger partial charge in [0.15, 0.2) is 0 Å². The van der Waals surface area contributed by atoms with Crippen LogP contribution in [0.5, 0.6) is 0 Å². The van der Waals surface area contributed by atoms with Gasteiger partial charge in [0.05, 0.1) is 16.5 Å². The van der Waals surface area contributed by atoms with E-state index >= 15 is 0 Å². The number of halogens is 3. The fourth-order valence-corrected chi connectivity index (χ4v) is 2.44. The molecule has 0 spiro atoms. The van der Waals surface area contributed by atoms with E-state index < -0.39 is 10.3 Å². The molecular weight excluding hydrogens is 323 g/mol. The second kappa shape index (κ2) is 5.43. The molecule has 1 fully saturated rings. The third-order valence-electron chi connectivity index (χ3n) is 3.01. The molecule has 0 aliphatic heterocycles. The molecule has 2 amide bonds. The first-order valence-electron chi connectivity index (χ1n) is 5.92. The van der Waals surface area contributed by atoms with Crippen LogP contribution in [0.1, 0.15) is 16.8 Å². The average Bonchev–Trinajstić information content (AvgIpc) is 3.00. The highest BCUT2D eigenvalue weighted by Gasteiger charge is 2.56. The van der Waals surface area contributed by atoms with E-state index in [9.17, 15) is 9.59 Å². The van der Waals surface area contributed by atoms with Crippen LogP contribution in [0.2, 0.25) is 5.02 Å². The van der Waals surface area contributed by atoms with Crippen LogP contribution in [0, 0.1) is 5.92 Å². The van der Waals surface area contributed by atoms with E-state index in [1.54, 1.807) is 26.2 Å². The van der Waals surface area contributed by atoms with Gasteiger partial charge in [-0.2, -0.15) is 0 Å². The number of hydrogen-bond donors (Lipinski definition) is 1. The first-order chi connectivity index (χ1) is 9.22. The molecule has 1 saturated carbocycles. The Hall–Kier alpha value is -0.970. The maximum Gasteiger partial charge on any atom is 0.254 e. The molecule has 2 rings (SSSR count). The minimum absolute atomic E-state index is 0.235. The van der Waals surface area contributed by atoms with Crippen molar-refractivity contribution in [3.63, 3.8) is 0 Å². The summed E-state index contributed by atoms with van der Waals surface area (Å²) in [6.45, 7) is 0. The van der Waals surface area contributed by atoms with Crippen LogP contribution in [0.15, 0.2) is 18.2 Å². The number of nitrogens with zero attached hydrogens (tertiary/aromatic N) is 1. The molecule has 0 bridgehead atoms. The third-order valence-corrected chi connectivity index (χ3v) is 4.18. The van der Waals surface area contributed by atoms with Crippen LogP contribution in [-0.2, 0) is 4.79 Å². The second-order valence-electron chi connectivity index (χ2n) is 4.90. The van der Waals surface area contributed by atoms with Crippen LogP contribution in [0.25, 0.3) is 0 Å². The monoisotopic (exact) mass is 334 g/mol. The fourth-order valence-electron chi connectivity index (χ4n) is 1.73. The van der Waals surface area contributed by atoms with E-state index in [0.29, 0.717) is 22.7 Å². The van der Waals surface area contributed by atoms with Gasteiger partial charge in [0, 0.05) is 19.8 Å². The molecule has 1 aromatic rings. The lowest BCUT2D eigenvalue weighted by atomic mass is 10.1. The van der Waals surface area contributed by atoms with Gasteiger partial charge in [-0.1, -0.05) is 11.6 Å². The van der Waals surface area contributed by atoms with Crippen LogP contribution in [-0.4, -0.2) is 35.1 Å². The van der Waals surface area contributed by atoms with E-state index in [2.05, 4.69) is 5.32 Å². The molecule has 1 N–H and O–H groups in total. The molecule has 1 unspecified atom stereocenters. The molecule has 7 heteroatoms. The van der Waals surface area contributed by atoms with Gasteiger partial charge in [0.1, 0.15) is 4.33 Å². The highest BCUT2D eigenvalue weighted by molar-refractivity contribution is 6.52. The van der Waals surface area contributed by atoms with Crippen LogP contribution in [0.4, 0.5) is 5.69 Å². The normalized spacial score (nSPS) is 19.4. The summed E-state index contributed by atoms with van der Waals surface area (Å²) in [4.78, 5) is 25.2. The zero-order valence-corrected chi connectivity index (χ0v) is 13.2. The number of hydrogen-bond acceptors (Lipinski definition) is 2. The quantitative estimate of drug-likeness (QED) is 0.863. The molecule has 1 aliphatic carbocycles. The number of carbonyl (C=O) groups excluding carboxylic acids is 2. The maximum atomic E-state index is 11.9. The molecule has 0 heterocycles. The smallest absolute Gasteiger partial charge is 0.254 e.